The minimum atomic E-state index is -1.49. The van der Waals surface area contributed by atoms with Crippen molar-refractivity contribution >= 4 is 10.8 Å². The molecular weight excluding hydrogens is 450 g/mol. The van der Waals surface area contributed by atoms with Crippen LogP contribution in [0.2, 0.25) is 0 Å². The highest BCUT2D eigenvalue weighted by molar-refractivity contribution is 7.85. The van der Waals surface area contributed by atoms with E-state index in [0.29, 0.717) is 12.0 Å². The van der Waals surface area contributed by atoms with Gasteiger partial charge in [0.2, 0.25) is 0 Å². The van der Waals surface area contributed by atoms with E-state index < -0.39 is 40.5 Å². The second kappa shape index (κ2) is 11.4. The molecule has 1 saturated heterocycles. The highest BCUT2D eigenvalue weighted by Gasteiger charge is 2.46. The molecule has 1 aliphatic heterocycles. The summed E-state index contributed by atoms with van der Waals surface area (Å²) in [4.78, 5) is 0. The van der Waals surface area contributed by atoms with Crippen LogP contribution in [0.1, 0.15) is 16.7 Å². The average molecular weight is 478 g/mol. The van der Waals surface area contributed by atoms with Crippen LogP contribution in [0.25, 0.3) is 0 Å². The summed E-state index contributed by atoms with van der Waals surface area (Å²) in [6.07, 6.45) is -4.15. The van der Waals surface area contributed by atoms with Crippen molar-refractivity contribution in [1.82, 2.24) is 0 Å². The third-order valence-corrected chi connectivity index (χ3v) is 7.72. The SMILES string of the molecule is N#Cc1ccccc1OC1C(O)C(O)C(OCc2ccccc2)CS(=O)C1Cc1ccccc1. The minimum Gasteiger partial charge on any atom is -0.485 e. The molecule has 0 bridgehead atoms. The van der Waals surface area contributed by atoms with E-state index in [1.807, 2.05) is 60.7 Å². The molecule has 6 unspecified atom stereocenters. The average Bonchev–Trinajstić information content (AvgIpc) is 2.95. The zero-order valence-electron chi connectivity index (χ0n) is 18.6. The second-order valence-corrected chi connectivity index (χ2v) is 9.98. The zero-order chi connectivity index (χ0) is 23.9. The third-order valence-electron chi connectivity index (χ3n) is 5.96. The van der Waals surface area contributed by atoms with Crippen molar-refractivity contribution in [2.75, 3.05) is 5.75 Å². The molecule has 0 amide bonds. The van der Waals surface area contributed by atoms with E-state index >= 15 is 0 Å². The van der Waals surface area contributed by atoms with Gasteiger partial charge in [-0.3, -0.25) is 4.21 Å². The number of nitriles is 1. The Bertz CT molecular complexity index is 1130. The lowest BCUT2D eigenvalue weighted by Gasteiger charge is -2.31. The maximum atomic E-state index is 13.6. The van der Waals surface area contributed by atoms with Crippen molar-refractivity contribution in [3.8, 4) is 11.8 Å². The lowest BCUT2D eigenvalue weighted by Crippen LogP contribution is -2.50. The Labute approximate surface area is 201 Å². The first-order valence-electron chi connectivity index (χ1n) is 11.2. The van der Waals surface area contributed by atoms with Gasteiger partial charge in [0.05, 0.1) is 29.3 Å². The van der Waals surface area contributed by atoms with Gasteiger partial charge < -0.3 is 19.7 Å². The maximum Gasteiger partial charge on any atom is 0.142 e. The number of aliphatic hydroxyl groups excluding tert-OH is 2. The van der Waals surface area contributed by atoms with Gasteiger partial charge in [-0.25, -0.2) is 0 Å². The summed E-state index contributed by atoms with van der Waals surface area (Å²) in [5, 5.41) is 31.1. The Morgan fingerprint density at radius 2 is 1.50 bits per heavy atom. The monoisotopic (exact) mass is 477 g/mol. The van der Waals surface area contributed by atoms with E-state index in [2.05, 4.69) is 6.07 Å². The molecule has 4 rings (SSSR count). The summed E-state index contributed by atoms with van der Waals surface area (Å²) in [7, 11) is -1.49. The molecule has 176 valence electrons. The van der Waals surface area contributed by atoms with Gasteiger partial charge in [-0.1, -0.05) is 72.8 Å². The third kappa shape index (κ3) is 5.72. The highest BCUT2D eigenvalue weighted by atomic mass is 32.2. The standard InChI is InChI=1S/C27H27NO5S/c28-16-21-13-7-8-14-22(21)33-27-24(15-19-9-3-1-4-10-19)34(31)18-23(25(29)26(27)30)32-17-20-11-5-2-6-12-20/h1-14,23-27,29-30H,15,17-18H2. The van der Waals surface area contributed by atoms with Gasteiger partial charge in [0, 0.05) is 10.8 Å². The van der Waals surface area contributed by atoms with Crippen LogP contribution in [0.3, 0.4) is 0 Å². The van der Waals surface area contributed by atoms with Crippen LogP contribution in [-0.4, -0.2) is 49.8 Å². The van der Waals surface area contributed by atoms with Crippen LogP contribution in [0.15, 0.2) is 84.9 Å². The predicted octanol–water partition coefficient (Wildman–Crippen LogP) is 2.99. The Morgan fingerprint density at radius 1 is 0.882 bits per heavy atom. The van der Waals surface area contributed by atoms with Crippen molar-refractivity contribution in [2.45, 2.75) is 42.7 Å². The summed E-state index contributed by atoms with van der Waals surface area (Å²) >= 11 is 0. The zero-order valence-corrected chi connectivity index (χ0v) is 19.4. The van der Waals surface area contributed by atoms with E-state index in [1.165, 1.54) is 0 Å². The quantitative estimate of drug-likeness (QED) is 0.543. The van der Waals surface area contributed by atoms with Gasteiger partial charge >= 0.3 is 0 Å². The molecule has 0 radical (unpaired) electrons. The van der Waals surface area contributed by atoms with E-state index in [0.717, 1.165) is 11.1 Å². The second-order valence-electron chi connectivity index (χ2n) is 8.28. The van der Waals surface area contributed by atoms with Gasteiger partial charge in [-0.2, -0.15) is 5.26 Å². The van der Waals surface area contributed by atoms with E-state index in [4.69, 9.17) is 9.47 Å². The fraction of sp³-hybridized carbons (Fsp3) is 0.296. The fourth-order valence-electron chi connectivity index (χ4n) is 4.10. The largest absolute Gasteiger partial charge is 0.485 e. The molecular formula is C27H27NO5S. The van der Waals surface area contributed by atoms with Crippen molar-refractivity contribution in [2.24, 2.45) is 0 Å². The highest BCUT2D eigenvalue weighted by Crippen LogP contribution is 2.29. The summed E-state index contributed by atoms with van der Waals surface area (Å²) in [6.45, 7) is 0.221. The van der Waals surface area contributed by atoms with Crippen LogP contribution in [0.4, 0.5) is 0 Å². The molecule has 0 spiro atoms. The first-order chi connectivity index (χ1) is 16.6. The van der Waals surface area contributed by atoms with Crippen LogP contribution < -0.4 is 4.74 Å². The number of rotatable bonds is 7. The van der Waals surface area contributed by atoms with Crippen molar-refractivity contribution < 1.29 is 23.9 Å². The molecule has 34 heavy (non-hydrogen) atoms. The first-order valence-corrected chi connectivity index (χ1v) is 12.5. The number of para-hydroxylation sites is 1. The number of hydrogen-bond donors (Lipinski definition) is 2. The van der Waals surface area contributed by atoms with E-state index in [-0.39, 0.29) is 18.1 Å². The first kappa shape index (κ1) is 24.1. The number of nitrogens with zero attached hydrogens (tertiary/aromatic N) is 1. The van der Waals surface area contributed by atoms with Gasteiger partial charge in [-0.15, -0.1) is 0 Å². The molecule has 6 atom stereocenters. The molecule has 3 aromatic rings. The van der Waals surface area contributed by atoms with Crippen molar-refractivity contribution in [3.63, 3.8) is 0 Å². The summed E-state index contributed by atoms with van der Waals surface area (Å²) in [6, 6.07) is 27.8. The lowest BCUT2D eigenvalue weighted by atomic mass is 9.97. The maximum absolute atomic E-state index is 13.6. The molecule has 0 aromatic heterocycles. The number of ether oxygens (including phenoxy) is 2. The van der Waals surface area contributed by atoms with Crippen LogP contribution >= 0.6 is 0 Å². The molecule has 0 aliphatic carbocycles. The molecule has 2 N–H and O–H groups in total. The summed E-state index contributed by atoms with van der Waals surface area (Å²) in [5.74, 6) is 0.336. The lowest BCUT2D eigenvalue weighted by molar-refractivity contribution is -0.111. The molecule has 1 fully saturated rings. The minimum absolute atomic E-state index is 0.0579. The number of benzene rings is 3. The molecule has 1 aliphatic rings. The molecule has 7 heteroatoms. The van der Waals surface area contributed by atoms with Crippen LogP contribution in [0, 0.1) is 11.3 Å². The molecule has 0 saturated carbocycles. The number of aliphatic hydroxyl groups is 2. The Morgan fingerprint density at radius 3 is 2.18 bits per heavy atom. The van der Waals surface area contributed by atoms with E-state index in [9.17, 15) is 19.7 Å². The Kier molecular flexibility index (Phi) is 8.09. The molecule has 1 heterocycles. The van der Waals surface area contributed by atoms with Crippen molar-refractivity contribution in [3.05, 3.63) is 102 Å². The van der Waals surface area contributed by atoms with Gasteiger partial charge in [0.25, 0.3) is 0 Å². The Hall–Kier alpha value is -3.02. The van der Waals surface area contributed by atoms with Gasteiger partial charge in [-0.05, 0) is 29.7 Å². The van der Waals surface area contributed by atoms with Crippen LogP contribution in [-0.2, 0) is 28.6 Å². The van der Waals surface area contributed by atoms with Crippen LogP contribution in [0.5, 0.6) is 5.75 Å². The smallest absolute Gasteiger partial charge is 0.142 e. The summed E-state index contributed by atoms with van der Waals surface area (Å²) in [5.41, 5.74) is 2.15. The van der Waals surface area contributed by atoms with E-state index in [1.54, 1.807) is 24.3 Å². The Balaban J connectivity index is 1.62. The van der Waals surface area contributed by atoms with Crippen molar-refractivity contribution in [1.29, 1.82) is 5.26 Å². The summed E-state index contributed by atoms with van der Waals surface area (Å²) < 4.78 is 25.6. The molecule has 3 aromatic carbocycles. The predicted molar refractivity (Wildman–Crippen MR) is 130 cm³/mol. The van der Waals surface area contributed by atoms with Gasteiger partial charge in [0.15, 0.2) is 0 Å². The molecule has 6 nitrogen and oxygen atoms in total. The normalized spacial score (nSPS) is 26.9. The fourth-order valence-corrected chi connectivity index (χ4v) is 5.86. The topological polar surface area (TPSA) is 99.8 Å². The number of hydrogen-bond acceptors (Lipinski definition) is 6. The van der Waals surface area contributed by atoms with Gasteiger partial charge in [0.1, 0.15) is 30.1 Å².